The number of nitrogens with one attached hydrogen (secondary N) is 2. The van der Waals surface area contributed by atoms with Gasteiger partial charge in [0.05, 0.1) is 30.7 Å². The minimum absolute atomic E-state index is 0.00563. The van der Waals surface area contributed by atoms with E-state index in [0.717, 1.165) is 0 Å². The second-order valence-corrected chi connectivity index (χ2v) is 6.63. The monoisotopic (exact) mass is 329 g/mol. The molecular weight excluding hydrogens is 311 g/mol. The first kappa shape index (κ1) is 17.9. The first-order valence-corrected chi connectivity index (χ1v) is 7.90. The zero-order valence-electron chi connectivity index (χ0n) is 11.9. The van der Waals surface area contributed by atoms with Crippen molar-refractivity contribution in [2.45, 2.75) is 39.1 Å². The summed E-state index contributed by atoms with van der Waals surface area (Å²) in [5.41, 5.74) is -1.02. The van der Waals surface area contributed by atoms with E-state index in [9.17, 15) is 21.6 Å². The lowest BCUT2D eigenvalue weighted by atomic mass is 10.3. The van der Waals surface area contributed by atoms with E-state index in [1.807, 2.05) is 0 Å². The summed E-state index contributed by atoms with van der Waals surface area (Å²) >= 11 is 0. The number of hydrogen-bond acceptors (Lipinski definition) is 4. The third-order valence-electron chi connectivity index (χ3n) is 2.47. The van der Waals surface area contributed by atoms with E-state index in [1.54, 1.807) is 13.8 Å². The molecule has 1 atom stereocenters. The molecule has 21 heavy (non-hydrogen) atoms. The maximum atomic E-state index is 12.4. The minimum atomic E-state index is -4.55. The summed E-state index contributed by atoms with van der Waals surface area (Å²) in [6.45, 7) is 4.94. The quantitative estimate of drug-likeness (QED) is 0.799. The first-order valence-electron chi connectivity index (χ1n) is 6.25. The predicted octanol–water partition coefficient (Wildman–Crippen LogP) is 1.83. The van der Waals surface area contributed by atoms with Crippen molar-refractivity contribution < 1.29 is 26.3 Å². The highest BCUT2D eigenvalue weighted by Gasteiger charge is 2.33. The zero-order chi connectivity index (χ0) is 16.3. The van der Waals surface area contributed by atoms with Crippen molar-refractivity contribution in [3.8, 4) is 0 Å². The summed E-state index contributed by atoms with van der Waals surface area (Å²) in [4.78, 5) is 5.60. The van der Waals surface area contributed by atoms with Crippen LogP contribution in [-0.2, 0) is 20.9 Å². The minimum Gasteiger partial charge on any atom is -0.378 e. The first-order chi connectivity index (χ1) is 9.51. The number of ether oxygens (including phenoxy) is 1. The summed E-state index contributed by atoms with van der Waals surface area (Å²) in [6, 6.07) is -0.898. The molecule has 0 bridgehead atoms. The van der Waals surface area contributed by atoms with Gasteiger partial charge < -0.3 is 9.72 Å². The van der Waals surface area contributed by atoms with Gasteiger partial charge in [-0.2, -0.15) is 13.2 Å². The van der Waals surface area contributed by atoms with Crippen LogP contribution in [0.15, 0.2) is 6.20 Å². The Bertz CT molecular complexity index is 555. The van der Waals surface area contributed by atoms with Crippen molar-refractivity contribution in [1.29, 1.82) is 0 Å². The molecule has 1 heterocycles. The van der Waals surface area contributed by atoms with E-state index in [4.69, 9.17) is 4.74 Å². The van der Waals surface area contributed by atoms with Gasteiger partial charge in [0, 0.05) is 0 Å². The Morgan fingerprint density at radius 2 is 2.00 bits per heavy atom. The number of alkyl halides is 3. The maximum Gasteiger partial charge on any atom is 0.432 e. The van der Waals surface area contributed by atoms with Crippen LogP contribution in [0.2, 0.25) is 0 Å². The lowest BCUT2D eigenvalue weighted by Gasteiger charge is -2.13. The Morgan fingerprint density at radius 3 is 2.48 bits per heavy atom. The van der Waals surface area contributed by atoms with Crippen LogP contribution in [0.5, 0.6) is 0 Å². The van der Waals surface area contributed by atoms with Crippen molar-refractivity contribution in [2.75, 3.05) is 12.4 Å². The van der Waals surface area contributed by atoms with Crippen LogP contribution in [0.25, 0.3) is 0 Å². The predicted molar refractivity (Wildman–Crippen MR) is 70.0 cm³/mol. The second-order valence-electron chi connectivity index (χ2n) is 4.76. The van der Waals surface area contributed by atoms with Crippen molar-refractivity contribution in [3.05, 3.63) is 17.7 Å². The Hall–Kier alpha value is -1.13. The van der Waals surface area contributed by atoms with Gasteiger partial charge in [-0.15, -0.1) is 0 Å². The number of rotatable bonds is 7. The highest BCUT2D eigenvalue weighted by molar-refractivity contribution is 7.89. The van der Waals surface area contributed by atoms with Gasteiger partial charge >= 0.3 is 6.18 Å². The molecule has 122 valence electrons. The molecule has 0 spiro atoms. The van der Waals surface area contributed by atoms with Gasteiger partial charge in [0.15, 0.2) is 0 Å². The molecule has 2 N–H and O–H groups in total. The SMILES string of the molecule is CC(C)OCCS(=O)(=O)NC(C)c1ncc(C(F)(F)F)[nH]1. The number of aromatic amines is 1. The molecule has 0 aliphatic heterocycles. The van der Waals surface area contributed by atoms with Gasteiger partial charge in [0.1, 0.15) is 11.5 Å². The fourth-order valence-corrected chi connectivity index (χ4v) is 2.56. The number of imidazole rings is 1. The molecule has 1 unspecified atom stereocenters. The standard InChI is InChI=1S/C11H18F3N3O3S/c1-7(2)20-4-5-21(18,19)17-8(3)10-15-6-9(16-10)11(12,13)14/h6-8,17H,4-5H2,1-3H3,(H,15,16). The number of nitrogens with zero attached hydrogens (tertiary/aromatic N) is 1. The van der Waals surface area contributed by atoms with Crippen LogP contribution < -0.4 is 4.72 Å². The molecule has 1 aromatic heterocycles. The molecule has 0 amide bonds. The summed E-state index contributed by atoms with van der Waals surface area (Å²) in [5, 5.41) is 0. The molecule has 0 fully saturated rings. The topological polar surface area (TPSA) is 84.1 Å². The van der Waals surface area contributed by atoms with Gasteiger partial charge in [-0.25, -0.2) is 18.1 Å². The largest absolute Gasteiger partial charge is 0.432 e. The second kappa shape index (κ2) is 6.75. The van der Waals surface area contributed by atoms with Crippen LogP contribution in [-0.4, -0.2) is 36.8 Å². The average Bonchev–Trinajstić information content (AvgIpc) is 2.75. The fourth-order valence-electron chi connectivity index (χ4n) is 1.48. The van der Waals surface area contributed by atoms with Crippen LogP contribution in [0.1, 0.15) is 38.3 Å². The molecule has 0 saturated heterocycles. The third-order valence-corrected chi connectivity index (χ3v) is 3.89. The number of hydrogen-bond donors (Lipinski definition) is 2. The highest BCUT2D eigenvalue weighted by Crippen LogP contribution is 2.28. The van der Waals surface area contributed by atoms with Crippen LogP contribution in [0.3, 0.4) is 0 Å². The summed E-state index contributed by atoms with van der Waals surface area (Å²) in [5.74, 6) is -0.377. The number of halogens is 3. The smallest absolute Gasteiger partial charge is 0.378 e. The molecule has 0 radical (unpaired) electrons. The van der Waals surface area contributed by atoms with E-state index in [0.29, 0.717) is 6.20 Å². The molecule has 0 aliphatic carbocycles. The molecule has 6 nitrogen and oxygen atoms in total. The van der Waals surface area contributed by atoms with Gasteiger partial charge in [0.25, 0.3) is 0 Å². The van der Waals surface area contributed by atoms with E-state index in [2.05, 4.69) is 14.7 Å². The summed E-state index contributed by atoms with van der Waals surface area (Å²) < 4.78 is 68.1. The molecule has 10 heteroatoms. The van der Waals surface area contributed by atoms with Crippen LogP contribution in [0, 0.1) is 0 Å². The van der Waals surface area contributed by atoms with E-state index >= 15 is 0 Å². The van der Waals surface area contributed by atoms with Crippen LogP contribution >= 0.6 is 0 Å². The van der Waals surface area contributed by atoms with Gasteiger partial charge in [0.2, 0.25) is 10.0 Å². The number of aromatic nitrogens is 2. The summed E-state index contributed by atoms with van der Waals surface area (Å²) in [6.07, 6.45) is -4.02. The molecule has 0 aliphatic rings. The molecular formula is C11H18F3N3O3S. The van der Waals surface area contributed by atoms with Crippen LogP contribution in [0.4, 0.5) is 13.2 Å². The Kier molecular flexibility index (Phi) is 5.76. The number of sulfonamides is 1. The van der Waals surface area contributed by atoms with Crippen molar-refractivity contribution in [3.63, 3.8) is 0 Å². The summed E-state index contributed by atoms with van der Waals surface area (Å²) in [7, 11) is -3.67. The highest BCUT2D eigenvalue weighted by atomic mass is 32.2. The maximum absolute atomic E-state index is 12.4. The van der Waals surface area contributed by atoms with Gasteiger partial charge in [-0.05, 0) is 20.8 Å². The van der Waals surface area contributed by atoms with Crippen molar-refractivity contribution in [2.24, 2.45) is 0 Å². The van der Waals surface area contributed by atoms with Crippen molar-refractivity contribution in [1.82, 2.24) is 14.7 Å². The Morgan fingerprint density at radius 1 is 1.38 bits per heavy atom. The van der Waals surface area contributed by atoms with E-state index in [-0.39, 0.29) is 24.3 Å². The van der Waals surface area contributed by atoms with Gasteiger partial charge in [-0.1, -0.05) is 0 Å². The van der Waals surface area contributed by atoms with E-state index < -0.39 is 27.9 Å². The lowest BCUT2D eigenvalue weighted by molar-refractivity contribution is -0.140. The van der Waals surface area contributed by atoms with E-state index in [1.165, 1.54) is 6.92 Å². The Labute approximate surface area is 121 Å². The normalized spacial score (nSPS) is 14.6. The molecule has 1 rings (SSSR count). The fraction of sp³-hybridized carbons (Fsp3) is 0.727. The molecule has 0 aromatic carbocycles. The lowest BCUT2D eigenvalue weighted by Crippen LogP contribution is -2.31. The zero-order valence-corrected chi connectivity index (χ0v) is 12.7. The average molecular weight is 329 g/mol. The Balaban J connectivity index is 2.63. The number of H-pyrrole nitrogens is 1. The third kappa shape index (κ3) is 6.02. The van der Waals surface area contributed by atoms with Crippen molar-refractivity contribution >= 4 is 10.0 Å². The van der Waals surface area contributed by atoms with Gasteiger partial charge in [-0.3, -0.25) is 0 Å². The molecule has 0 saturated carbocycles. The molecule has 1 aromatic rings.